The van der Waals surface area contributed by atoms with Gasteiger partial charge in [0.25, 0.3) is 0 Å². The number of nitrogens with one attached hydrogen (secondary N) is 1. The normalized spacial score (nSPS) is 10.6. The van der Waals surface area contributed by atoms with Gasteiger partial charge < -0.3 is 5.32 Å². The van der Waals surface area contributed by atoms with E-state index in [1.54, 1.807) is 34.8 Å². The fourth-order valence-corrected chi connectivity index (χ4v) is 3.20. The summed E-state index contributed by atoms with van der Waals surface area (Å²) in [5, 5.41) is 10.5. The SMILES string of the molecule is Fc1ccc(NCc2csc(-c3ccsc3)n2)cc1. The van der Waals surface area contributed by atoms with Gasteiger partial charge in [0.2, 0.25) is 0 Å². The van der Waals surface area contributed by atoms with Crippen LogP contribution in [0.15, 0.2) is 46.5 Å². The Bertz CT molecular complexity index is 644. The summed E-state index contributed by atoms with van der Waals surface area (Å²) in [6.07, 6.45) is 0. The van der Waals surface area contributed by atoms with Crippen LogP contribution in [0, 0.1) is 5.82 Å². The molecule has 2 nitrogen and oxygen atoms in total. The first-order valence-electron chi connectivity index (χ1n) is 5.78. The van der Waals surface area contributed by atoms with Crippen molar-refractivity contribution in [3.8, 4) is 10.6 Å². The second-order valence-corrected chi connectivity index (χ2v) is 5.65. The number of rotatable bonds is 4. The molecule has 0 aliphatic heterocycles. The number of nitrogens with zero attached hydrogens (tertiary/aromatic N) is 1. The van der Waals surface area contributed by atoms with E-state index in [1.807, 2.05) is 10.8 Å². The minimum Gasteiger partial charge on any atom is -0.379 e. The zero-order chi connectivity index (χ0) is 13.1. The van der Waals surface area contributed by atoms with E-state index in [0.29, 0.717) is 6.54 Å². The van der Waals surface area contributed by atoms with Crippen molar-refractivity contribution in [2.24, 2.45) is 0 Å². The summed E-state index contributed by atoms with van der Waals surface area (Å²) in [6, 6.07) is 8.41. The average Bonchev–Trinajstić information content (AvgIpc) is 3.09. The van der Waals surface area contributed by atoms with E-state index >= 15 is 0 Å². The predicted octanol–water partition coefficient (Wildman–Crippen LogP) is 4.62. The molecular weight excluding hydrogens is 279 g/mol. The lowest BCUT2D eigenvalue weighted by Gasteiger charge is -2.03. The van der Waals surface area contributed by atoms with E-state index in [2.05, 4.69) is 21.7 Å². The molecule has 96 valence electrons. The summed E-state index contributed by atoms with van der Waals surface area (Å²) in [5.41, 5.74) is 3.06. The molecular formula is C14H11FN2S2. The van der Waals surface area contributed by atoms with Crippen LogP contribution >= 0.6 is 22.7 Å². The van der Waals surface area contributed by atoms with Gasteiger partial charge in [0.1, 0.15) is 10.8 Å². The minimum atomic E-state index is -0.223. The lowest BCUT2D eigenvalue weighted by Crippen LogP contribution is -1.99. The third kappa shape index (κ3) is 3.00. The fraction of sp³-hybridized carbons (Fsp3) is 0.0714. The fourth-order valence-electron chi connectivity index (χ4n) is 1.67. The van der Waals surface area contributed by atoms with E-state index in [4.69, 9.17) is 0 Å². The molecule has 0 bridgehead atoms. The molecule has 2 aromatic heterocycles. The number of benzene rings is 1. The molecule has 2 heterocycles. The van der Waals surface area contributed by atoms with Gasteiger partial charge in [-0.2, -0.15) is 11.3 Å². The van der Waals surface area contributed by atoms with Crippen molar-refractivity contribution < 1.29 is 4.39 Å². The van der Waals surface area contributed by atoms with Crippen molar-refractivity contribution in [2.45, 2.75) is 6.54 Å². The lowest BCUT2D eigenvalue weighted by molar-refractivity contribution is 0.628. The van der Waals surface area contributed by atoms with Crippen molar-refractivity contribution in [3.63, 3.8) is 0 Å². The summed E-state index contributed by atoms with van der Waals surface area (Å²) in [6.45, 7) is 0.645. The third-order valence-electron chi connectivity index (χ3n) is 2.64. The van der Waals surface area contributed by atoms with E-state index in [1.165, 1.54) is 17.7 Å². The van der Waals surface area contributed by atoms with Gasteiger partial charge in [-0.1, -0.05) is 0 Å². The van der Waals surface area contributed by atoms with Gasteiger partial charge in [-0.3, -0.25) is 0 Å². The summed E-state index contributed by atoms with van der Waals surface area (Å²) >= 11 is 3.31. The van der Waals surface area contributed by atoms with Gasteiger partial charge in [0.15, 0.2) is 0 Å². The number of hydrogen-bond donors (Lipinski definition) is 1. The zero-order valence-electron chi connectivity index (χ0n) is 9.97. The largest absolute Gasteiger partial charge is 0.379 e. The predicted molar refractivity (Wildman–Crippen MR) is 79.2 cm³/mol. The topological polar surface area (TPSA) is 24.9 Å². The third-order valence-corrected chi connectivity index (χ3v) is 4.26. The molecule has 0 fully saturated rings. The monoisotopic (exact) mass is 290 g/mol. The number of anilines is 1. The number of hydrogen-bond acceptors (Lipinski definition) is 4. The van der Waals surface area contributed by atoms with Crippen LogP contribution in [0.25, 0.3) is 10.6 Å². The van der Waals surface area contributed by atoms with Crippen LogP contribution in [-0.2, 0) is 6.54 Å². The van der Waals surface area contributed by atoms with Gasteiger partial charge in [-0.25, -0.2) is 9.37 Å². The van der Waals surface area contributed by atoms with Gasteiger partial charge >= 0.3 is 0 Å². The number of halogens is 1. The Morgan fingerprint density at radius 2 is 1.95 bits per heavy atom. The standard InChI is InChI=1S/C14H11FN2S2/c15-11-1-3-12(4-2-11)16-7-13-9-19-14(17-13)10-5-6-18-8-10/h1-6,8-9,16H,7H2. The van der Waals surface area contributed by atoms with Crippen molar-refractivity contribution in [1.82, 2.24) is 4.98 Å². The highest BCUT2D eigenvalue weighted by Crippen LogP contribution is 2.25. The van der Waals surface area contributed by atoms with Crippen LogP contribution < -0.4 is 5.32 Å². The quantitative estimate of drug-likeness (QED) is 0.758. The zero-order valence-corrected chi connectivity index (χ0v) is 11.6. The van der Waals surface area contributed by atoms with Crippen LogP contribution in [-0.4, -0.2) is 4.98 Å². The van der Waals surface area contributed by atoms with E-state index < -0.39 is 0 Å². The van der Waals surface area contributed by atoms with Crippen LogP contribution in [0.4, 0.5) is 10.1 Å². The first kappa shape index (κ1) is 12.3. The smallest absolute Gasteiger partial charge is 0.124 e. The first-order valence-corrected chi connectivity index (χ1v) is 7.60. The second-order valence-electron chi connectivity index (χ2n) is 4.02. The van der Waals surface area contributed by atoms with Gasteiger partial charge in [0.05, 0.1) is 12.2 Å². The molecule has 0 aliphatic rings. The van der Waals surface area contributed by atoms with E-state index in [0.717, 1.165) is 16.4 Å². The van der Waals surface area contributed by atoms with Crippen LogP contribution in [0.1, 0.15) is 5.69 Å². The number of thiophene rings is 1. The molecule has 3 aromatic rings. The van der Waals surface area contributed by atoms with Gasteiger partial charge in [-0.05, 0) is 35.7 Å². The van der Waals surface area contributed by atoms with E-state index in [-0.39, 0.29) is 5.82 Å². The summed E-state index contributed by atoms with van der Waals surface area (Å²) in [5.74, 6) is -0.223. The number of aromatic nitrogens is 1. The van der Waals surface area contributed by atoms with Gasteiger partial charge in [0, 0.05) is 22.0 Å². The molecule has 0 saturated heterocycles. The Morgan fingerprint density at radius 1 is 1.11 bits per heavy atom. The maximum atomic E-state index is 12.8. The summed E-state index contributed by atoms with van der Waals surface area (Å²) < 4.78 is 12.8. The van der Waals surface area contributed by atoms with Crippen molar-refractivity contribution >= 4 is 28.4 Å². The van der Waals surface area contributed by atoms with E-state index in [9.17, 15) is 4.39 Å². The highest BCUT2D eigenvalue weighted by molar-refractivity contribution is 7.14. The molecule has 1 aromatic carbocycles. The summed E-state index contributed by atoms with van der Waals surface area (Å²) in [7, 11) is 0. The lowest BCUT2D eigenvalue weighted by atomic mass is 10.3. The molecule has 19 heavy (non-hydrogen) atoms. The molecule has 0 amide bonds. The Labute approximate surface area is 118 Å². The van der Waals surface area contributed by atoms with Crippen LogP contribution in [0.2, 0.25) is 0 Å². The molecule has 0 spiro atoms. The van der Waals surface area contributed by atoms with Gasteiger partial charge in [-0.15, -0.1) is 11.3 Å². The summed E-state index contributed by atoms with van der Waals surface area (Å²) in [4.78, 5) is 4.57. The molecule has 0 atom stereocenters. The molecule has 0 unspecified atom stereocenters. The molecule has 1 N–H and O–H groups in total. The van der Waals surface area contributed by atoms with Crippen molar-refractivity contribution in [1.29, 1.82) is 0 Å². The maximum Gasteiger partial charge on any atom is 0.124 e. The molecule has 5 heteroatoms. The average molecular weight is 290 g/mol. The highest BCUT2D eigenvalue weighted by atomic mass is 32.1. The van der Waals surface area contributed by atoms with Crippen LogP contribution in [0.5, 0.6) is 0 Å². The molecule has 3 rings (SSSR count). The minimum absolute atomic E-state index is 0.223. The number of thiazole rings is 1. The second kappa shape index (κ2) is 5.50. The Kier molecular flexibility index (Phi) is 3.57. The Hall–Kier alpha value is -1.72. The molecule has 0 aliphatic carbocycles. The highest BCUT2D eigenvalue weighted by Gasteiger charge is 2.04. The first-order chi connectivity index (χ1) is 9.31. The van der Waals surface area contributed by atoms with Crippen LogP contribution in [0.3, 0.4) is 0 Å². The Morgan fingerprint density at radius 3 is 2.68 bits per heavy atom. The Balaban J connectivity index is 1.66. The molecule has 0 radical (unpaired) electrons. The maximum absolute atomic E-state index is 12.8. The van der Waals surface area contributed by atoms with Crippen molar-refractivity contribution in [2.75, 3.05) is 5.32 Å². The van der Waals surface area contributed by atoms with Crippen molar-refractivity contribution in [3.05, 3.63) is 58.0 Å². The molecule has 0 saturated carbocycles.